The van der Waals surface area contributed by atoms with Gasteiger partial charge in [0.25, 0.3) is 5.91 Å². The van der Waals surface area contributed by atoms with E-state index < -0.39 is 17.7 Å². The maximum Gasteiger partial charge on any atom is 0.337 e. The molecule has 1 amide bonds. The van der Waals surface area contributed by atoms with E-state index in [9.17, 15) is 19.1 Å². The van der Waals surface area contributed by atoms with Crippen LogP contribution in [0.15, 0.2) is 48.5 Å². The number of rotatable bonds is 10. The molecule has 0 radical (unpaired) electrons. The number of carbonyl (C=O) groups is 2. The van der Waals surface area contributed by atoms with Crippen molar-refractivity contribution < 1.29 is 28.6 Å². The first-order valence-electron chi connectivity index (χ1n) is 17.9. The lowest BCUT2D eigenvalue weighted by Crippen LogP contribution is -2.42. The zero-order valence-corrected chi connectivity index (χ0v) is 31.1. The van der Waals surface area contributed by atoms with Gasteiger partial charge in [0.2, 0.25) is 0 Å². The number of nitrogens with zero attached hydrogens (tertiary/aromatic N) is 3. The number of amides is 1. The fraction of sp³-hybridized carbons (Fsp3) is 0.537. The van der Waals surface area contributed by atoms with E-state index in [-0.39, 0.29) is 22.6 Å². The number of benzene rings is 2. The van der Waals surface area contributed by atoms with Crippen molar-refractivity contribution >= 4 is 17.6 Å². The number of hydrogen-bond donors (Lipinski definition) is 1. The van der Waals surface area contributed by atoms with Gasteiger partial charge in [-0.2, -0.15) is 0 Å². The van der Waals surface area contributed by atoms with Crippen LogP contribution < -0.4 is 9.64 Å². The molecule has 0 saturated carbocycles. The quantitative estimate of drug-likeness (QED) is 0.228. The average Bonchev–Trinajstić information content (AvgIpc) is 3.04. The molecule has 50 heavy (non-hydrogen) atoms. The van der Waals surface area contributed by atoms with Crippen LogP contribution in [0.3, 0.4) is 0 Å². The van der Waals surface area contributed by atoms with E-state index >= 15 is 0 Å². The number of carbonyl (C=O) groups excluding carboxylic acids is 1. The zero-order chi connectivity index (χ0) is 36.4. The van der Waals surface area contributed by atoms with Crippen LogP contribution in [0, 0.1) is 23.6 Å². The summed E-state index contributed by atoms with van der Waals surface area (Å²) in [6.45, 7) is 19.4. The predicted octanol–water partition coefficient (Wildman–Crippen LogP) is 8.65. The van der Waals surface area contributed by atoms with E-state index in [2.05, 4.69) is 32.6 Å². The number of pyridine rings is 1. The molecular weight excluding hydrogens is 633 g/mol. The summed E-state index contributed by atoms with van der Waals surface area (Å²) in [7, 11) is 0. The van der Waals surface area contributed by atoms with Gasteiger partial charge in [-0.3, -0.25) is 4.79 Å². The normalized spacial score (nSPS) is 18.1. The SMILES string of the molecule is Cc1nc(C(=O)N2CCC(C)(C)CC2)c(-c2ccc(OCCc3ccc(F)cc3)cc2)c(N2CCC(C)(C)CC2)c1[C@H](OC(C)(C)C)C(=O)O. The number of hydrogen-bond acceptors (Lipinski definition) is 6. The highest BCUT2D eigenvalue weighted by atomic mass is 19.1. The monoisotopic (exact) mass is 687 g/mol. The average molecular weight is 688 g/mol. The molecule has 0 spiro atoms. The molecule has 0 bridgehead atoms. The maximum atomic E-state index is 14.6. The first-order valence-corrected chi connectivity index (χ1v) is 17.9. The van der Waals surface area contributed by atoms with Crippen molar-refractivity contribution in [1.82, 2.24) is 9.88 Å². The Balaban J connectivity index is 1.63. The van der Waals surface area contributed by atoms with Crippen LogP contribution in [0.2, 0.25) is 0 Å². The van der Waals surface area contributed by atoms with Crippen molar-refractivity contribution in [3.63, 3.8) is 0 Å². The summed E-state index contributed by atoms with van der Waals surface area (Å²) in [5.41, 5.74) is 3.90. The summed E-state index contributed by atoms with van der Waals surface area (Å²) in [6.07, 6.45) is 2.94. The van der Waals surface area contributed by atoms with E-state index in [1.54, 1.807) is 19.1 Å². The summed E-state index contributed by atoms with van der Waals surface area (Å²) in [5.74, 6) is -0.861. The molecule has 2 aromatic carbocycles. The van der Waals surface area contributed by atoms with Gasteiger partial charge in [-0.15, -0.1) is 0 Å². The van der Waals surface area contributed by atoms with Gasteiger partial charge in [0.15, 0.2) is 6.10 Å². The molecule has 1 atom stereocenters. The zero-order valence-electron chi connectivity index (χ0n) is 31.1. The summed E-state index contributed by atoms with van der Waals surface area (Å²) in [5, 5.41) is 10.6. The van der Waals surface area contributed by atoms with Crippen molar-refractivity contribution in [2.45, 2.75) is 99.2 Å². The highest BCUT2D eigenvalue weighted by Crippen LogP contribution is 2.46. The molecule has 3 heterocycles. The minimum atomic E-state index is -1.29. The number of carboxylic acids is 1. The van der Waals surface area contributed by atoms with E-state index in [1.807, 2.05) is 49.9 Å². The number of piperidine rings is 2. The fourth-order valence-electron chi connectivity index (χ4n) is 6.82. The number of aliphatic carboxylic acids is 1. The molecule has 9 heteroatoms. The number of ether oxygens (including phenoxy) is 2. The predicted molar refractivity (Wildman–Crippen MR) is 195 cm³/mol. The van der Waals surface area contributed by atoms with Crippen LogP contribution in [-0.4, -0.2) is 65.3 Å². The Morgan fingerprint density at radius 3 is 2.00 bits per heavy atom. The lowest BCUT2D eigenvalue weighted by atomic mass is 9.81. The second-order valence-corrected chi connectivity index (χ2v) is 16.5. The Morgan fingerprint density at radius 2 is 1.46 bits per heavy atom. The van der Waals surface area contributed by atoms with Gasteiger partial charge in [0.05, 0.1) is 17.9 Å². The summed E-state index contributed by atoms with van der Waals surface area (Å²) >= 11 is 0. The smallest absolute Gasteiger partial charge is 0.337 e. The molecule has 3 aromatic rings. The van der Waals surface area contributed by atoms with E-state index in [1.165, 1.54) is 12.1 Å². The van der Waals surface area contributed by atoms with Crippen LogP contribution in [0.4, 0.5) is 10.1 Å². The number of anilines is 1. The molecule has 2 aliphatic heterocycles. The number of carboxylic acid groups (broad SMARTS) is 1. The topological polar surface area (TPSA) is 92.2 Å². The van der Waals surface area contributed by atoms with Gasteiger partial charge in [0, 0.05) is 49.4 Å². The number of likely N-dealkylation sites (tertiary alicyclic amines) is 1. The van der Waals surface area contributed by atoms with Crippen molar-refractivity contribution in [3.05, 3.63) is 76.9 Å². The molecule has 8 nitrogen and oxygen atoms in total. The third-order valence-corrected chi connectivity index (χ3v) is 10.1. The Labute approximate surface area is 297 Å². The highest BCUT2D eigenvalue weighted by Gasteiger charge is 2.39. The third kappa shape index (κ3) is 9.02. The molecule has 2 saturated heterocycles. The molecule has 5 rings (SSSR count). The highest BCUT2D eigenvalue weighted by molar-refractivity contribution is 6.04. The largest absolute Gasteiger partial charge is 0.493 e. The van der Waals surface area contributed by atoms with Crippen LogP contribution in [0.25, 0.3) is 11.1 Å². The number of aryl methyl sites for hydroxylation is 1. The Hall–Kier alpha value is -3.98. The Morgan fingerprint density at radius 1 is 0.900 bits per heavy atom. The lowest BCUT2D eigenvalue weighted by Gasteiger charge is -2.41. The molecule has 270 valence electrons. The van der Waals surface area contributed by atoms with Crippen molar-refractivity contribution in [1.29, 1.82) is 0 Å². The Kier molecular flexibility index (Phi) is 11.0. The van der Waals surface area contributed by atoms with E-state index in [0.29, 0.717) is 73.2 Å². The summed E-state index contributed by atoms with van der Waals surface area (Å²) in [4.78, 5) is 36.7. The minimum Gasteiger partial charge on any atom is -0.493 e. The second-order valence-electron chi connectivity index (χ2n) is 16.5. The van der Waals surface area contributed by atoms with Crippen LogP contribution >= 0.6 is 0 Å². The van der Waals surface area contributed by atoms with Crippen molar-refractivity contribution in [2.24, 2.45) is 10.8 Å². The van der Waals surface area contributed by atoms with Gasteiger partial charge in [-0.25, -0.2) is 14.2 Å². The maximum absolute atomic E-state index is 14.6. The van der Waals surface area contributed by atoms with Gasteiger partial charge in [-0.05, 0) is 99.6 Å². The van der Waals surface area contributed by atoms with Gasteiger partial charge >= 0.3 is 5.97 Å². The number of aromatic nitrogens is 1. The summed E-state index contributed by atoms with van der Waals surface area (Å²) < 4.78 is 25.7. The molecule has 1 N–H and O–H groups in total. The number of halogens is 1. The minimum absolute atomic E-state index is 0.138. The Bertz CT molecular complexity index is 1660. The molecule has 0 aliphatic carbocycles. The van der Waals surface area contributed by atoms with Crippen molar-refractivity contribution in [2.75, 3.05) is 37.7 Å². The standard InChI is InChI=1S/C41H54FN3O5/c1-27-32(36(38(47)48)50-39(2,3)4)35(44-22-18-40(5,6)19-23-44)33(34(43-27)37(46)45-24-20-41(7,8)21-25-45)29-11-15-31(16-12-29)49-26-17-28-9-13-30(42)14-10-28/h9-16,36H,17-26H2,1-8H3,(H,47,48)/t36-/m0/s1. The lowest BCUT2D eigenvalue weighted by molar-refractivity contribution is -0.160. The van der Waals surface area contributed by atoms with E-state index in [0.717, 1.165) is 36.8 Å². The van der Waals surface area contributed by atoms with E-state index in [4.69, 9.17) is 14.5 Å². The first-order chi connectivity index (χ1) is 23.4. The molecule has 2 fully saturated rings. The summed E-state index contributed by atoms with van der Waals surface area (Å²) in [6, 6.07) is 14.0. The van der Waals surface area contributed by atoms with Crippen LogP contribution in [0.5, 0.6) is 5.75 Å². The van der Waals surface area contributed by atoms with Crippen LogP contribution in [-0.2, 0) is 16.0 Å². The van der Waals surface area contributed by atoms with Gasteiger partial charge in [-0.1, -0.05) is 52.0 Å². The van der Waals surface area contributed by atoms with Gasteiger partial charge in [0.1, 0.15) is 17.3 Å². The molecule has 2 aliphatic rings. The fourth-order valence-corrected chi connectivity index (χ4v) is 6.82. The van der Waals surface area contributed by atoms with Gasteiger partial charge < -0.3 is 24.4 Å². The molecule has 1 aromatic heterocycles. The molecular formula is C41H54FN3O5. The second kappa shape index (κ2) is 14.7. The van der Waals surface area contributed by atoms with Crippen molar-refractivity contribution in [3.8, 4) is 16.9 Å². The van der Waals surface area contributed by atoms with Crippen LogP contribution in [0.1, 0.15) is 108 Å². The third-order valence-electron chi connectivity index (χ3n) is 10.1. The molecule has 0 unspecified atom stereocenters. The first kappa shape index (κ1) is 37.3.